The Kier molecular flexibility index (Phi) is 2.18. The molecule has 0 spiro atoms. The van der Waals surface area contributed by atoms with Gasteiger partial charge in [0.2, 0.25) is 0 Å². The monoisotopic (exact) mass is 184 g/mol. The number of carbonyl (C=O) groups is 2. The van der Waals surface area contributed by atoms with Crippen LogP contribution in [0.4, 0.5) is 5.82 Å². The summed E-state index contributed by atoms with van der Waals surface area (Å²) in [5.74, 6) is -1.80. The maximum Gasteiger partial charge on any atom is 0.311 e. The maximum atomic E-state index is 10.6. The van der Waals surface area contributed by atoms with Gasteiger partial charge < -0.3 is 21.6 Å². The van der Waals surface area contributed by atoms with E-state index in [0.29, 0.717) is 0 Å². The zero-order valence-corrected chi connectivity index (χ0v) is 6.57. The molecule has 1 rings (SSSR count). The lowest BCUT2D eigenvalue weighted by atomic mass is 10.4. The van der Waals surface area contributed by atoms with Crippen molar-refractivity contribution in [1.29, 1.82) is 0 Å². The molecule has 1 heterocycles. The summed E-state index contributed by atoms with van der Waals surface area (Å²) < 4.78 is 0. The van der Waals surface area contributed by atoms with Crippen LogP contribution in [0.25, 0.3) is 0 Å². The normalized spacial score (nSPS) is 9.85. The lowest BCUT2D eigenvalue weighted by molar-refractivity contribution is -0.136. The number of primary amides is 1. The van der Waals surface area contributed by atoms with Gasteiger partial charge >= 0.3 is 5.97 Å². The van der Waals surface area contributed by atoms with Crippen molar-refractivity contribution in [3.8, 4) is 0 Å². The molecule has 0 saturated heterocycles. The Hall–Kier alpha value is -2.05. The summed E-state index contributed by atoms with van der Waals surface area (Å²) in [5, 5.41) is 8.39. The largest absolute Gasteiger partial charge is 0.481 e. The van der Waals surface area contributed by atoms with Crippen molar-refractivity contribution in [2.75, 3.05) is 5.73 Å². The molecule has 0 bridgehead atoms. The van der Waals surface area contributed by atoms with E-state index in [1.807, 2.05) is 0 Å². The van der Waals surface area contributed by atoms with Crippen LogP contribution < -0.4 is 11.5 Å². The second kappa shape index (κ2) is 3.13. The SMILES string of the molecule is NC(=O)c1[nH]c(CC(=O)O)nc1N. The molecule has 70 valence electrons. The third-order valence-corrected chi connectivity index (χ3v) is 1.35. The van der Waals surface area contributed by atoms with Crippen molar-refractivity contribution in [1.82, 2.24) is 9.97 Å². The number of amides is 1. The molecule has 7 heteroatoms. The predicted octanol–water partition coefficient (Wildman–Crippen LogP) is -1.28. The highest BCUT2D eigenvalue weighted by molar-refractivity contribution is 5.95. The van der Waals surface area contributed by atoms with Gasteiger partial charge in [0, 0.05) is 0 Å². The lowest BCUT2D eigenvalue weighted by Crippen LogP contribution is -2.13. The van der Waals surface area contributed by atoms with E-state index in [0.717, 1.165) is 0 Å². The number of carbonyl (C=O) groups excluding carboxylic acids is 1. The molecule has 0 saturated carbocycles. The molecule has 6 N–H and O–H groups in total. The van der Waals surface area contributed by atoms with Gasteiger partial charge in [-0.2, -0.15) is 0 Å². The van der Waals surface area contributed by atoms with E-state index in [2.05, 4.69) is 9.97 Å². The summed E-state index contributed by atoms with van der Waals surface area (Å²) in [6.45, 7) is 0. The van der Waals surface area contributed by atoms with Crippen LogP contribution in [0, 0.1) is 0 Å². The van der Waals surface area contributed by atoms with E-state index in [1.165, 1.54) is 0 Å². The van der Waals surface area contributed by atoms with Gasteiger partial charge in [-0.15, -0.1) is 0 Å². The highest BCUT2D eigenvalue weighted by Crippen LogP contribution is 2.07. The molecule has 0 atom stereocenters. The van der Waals surface area contributed by atoms with Crippen LogP contribution in [0.15, 0.2) is 0 Å². The Labute approximate surface area is 72.8 Å². The predicted molar refractivity (Wildman–Crippen MR) is 42.9 cm³/mol. The Morgan fingerprint density at radius 1 is 1.54 bits per heavy atom. The summed E-state index contributed by atoms with van der Waals surface area (Å²) in [5.41, 5.74) is 10.1. The Morgan fingerprint density at radius 3 is 2.54 bits per heavy atom. The third kappa shape index (κ3) is 1.95. The summed E-state index contributed by atoms with van der Waals surface area (Å²) >= 11 is 0. The van der Waals surface area contributed by atoms with Crippen LogP contribution in [0.5, 0.6) is 0 Å². The third-order valence-electron chi connectivity index (χ3n) is 1.35. The number of carboxylic acids is 1. The molecule has 0 aliphatic rings. The first-order valence-electron chi connectivity index (χ1n) is 3.36. The number of carboxylic acid groups (broad SMARTS) is 1. The second-order valence-corrected chi connectivity index (χ2v) is 2.38. The van der Waals surface area contributed by atoms with E-state index >= 15 is 0 Å². The number of hydrogen-bond acceptors (Lipinski definition) is 4. The van der Waals surface area contributed by atoms with E-state index in [1.54, 1.807) is 0 Å². The van der Waals surface area contributed by atoms with Gasteiger partial charge in [0.25, 0.3) is 5.91 Å². The summed E-state index contributed by atoms with van der Waals surface area (Å²) in [6, 6.07) is 0. The average Bonchev–Trinajstić information content (AvgIpc) is 2.29. The average molecular weight is 184 g/mol. The van der Waals surface area contributed by atoms with Gasteiger partial charge in [-0.25, -0.2) is 4.98 Å². The topological polar surface area (TPSA) is 135 Å². The van der Waals surface area contributed by atoms with Gasteiger partial charge in [-0.1, -0.05) is 0 Å². The molecule has 0 aliphatic carbocycles. The first kappa shape index (κ1) is 9.04. The van der Waals surface area contributed by atoms with Gasteiger partial charge in [-0.3, -0.25) is 9.59 Å². The number of aliphatic carboxylic acids is 1. The van der Waals surface area contributed by atoms with Crippen molar-refractivity contribution in [3.05, 3.63) is 11.5 Å². The minimum absolute atomic E-state index is 0.0590. The number of aromatic nitrogens is 2. The number of imidazole rings is 1. The number of nitrogen functional groups attached to an aromatic ring is 1. The fraction of sp³-hybridized carbons (Fsp3) is 0.167. The molecule has 0 aliphatic heterocycles. The first-order valence-corrected chi connectivity index (χ1v) is 3.36. The number of hydrogen-bond donors (Lipinski definition) is 4. The van der Waals surface area contributed by atoms with Crippen LogP contribution in [0.3, 0.4) is 0 Å². The van der Waals surface area contributed by atoms with Crippen LogP contribution in [0.2, 0.25) is 0 Å². The quantitative estimate of drug-likeness (QED) is 0.463. The molecule has 1 aromatic rings. The highest BCUT2D eigenvalue weighted by atomic mass is 16.4. The molecule has 7 nitrogen and oxygen atoms in total. The number of nitrogens with zero attached hydrogens (tertiary/aromatic N) is 1. The summed E-state index contributed by atoms with van der Waals surface area (Å²) in [6.07, 6.45) is -0.322. The second-order valence-electron chi connectivity index (χ2n) is 2.38. The highest BCUT2D eigenvalue weighted by Gasteiger charge is 2.13. The maximum absolute atomic E-state index is 10.6. The molecule has 0 unspecified atom stereocenters. The molecular formula is C6H8N4O3. The van der Waals surface area contributed by atoms with Crippen LogP contribution >= 0.6 is 0 Å². The van der Waals surface area contributed by atoms with Gasteiger partial charge in [0.15, 0.2) is 5.82 Å². The van der Waals surface area contributed by atoms with Crippen molar-refractivity contribution < 1.29 is 14.7 Å². The Bertz CT molecular complexity index is 357. The summed E-state index contributed by atoms with van der Waals surface area (Å²) in [4.78, 5) is 26.9. The number of anilines is 1. The van der Waals surface area contributed by atoms with Gasteiger partial charge in [0.1, 0.15) is 17.9 Å². The minimum atomic E-state index is -1.07. The minimum Gasteiger partial charge on any atom is -0.481 e. The van der Waals surface area contributed by atoms with Gasteiger partial charge in [-0.05, 0) is 0 Å². The lowest BCUT2D eigenvalue weighted by Gasteiger charge is -1.88. The zero-order valence-electron chi connectivity index (χ0n) is 6.57. The van der Waals surface area contributed by atoms with Crippen LogP contribution in [-0.2, 0) is 11.2 Å². The van der Waals surface area contributed by atoms with Crippen LogP contribution in [0.1, 0.15) is 16.3 Å². The molecule has 13 heavy (non-hydrogen) atoms. The Morgan fingerprint density at radius 2 is 2.15 bits per heavy atom. The standard InChI is InChI=1S/C6H8N4O3/c7-5-4(6(8)13)9-2(10-5)1-3(11)12/h1,7H2,(H2,8,13)(H,9,10)(H,11,12). The summed E-state index contributed by atoms with van der Waals surface area (Å²) in [7, 11) is 0. The van der Waals surface area contributed by atoms with E-state index in [4.69, 9.17) is 16.6 Å². The van der Waals surface area contributed by atoms with Crippen molar-refractivity contribution in [2.45, 2.75) is 6.42 Å². The molecule has 0 fully saturated rings. The first-order chi connectivity index (χ1) is 6.00. The molecule has 1 amide bonds. The van der Waals surface area contributed by atoms with Crippen molar-refractivity contribution >= 4 is 17.7 Å². The smallest absolute Gasteiger partial charge is 0.311 e. The van der Waals surface area contributed by atoms with Crippen molar-refractivity contribution in [2.24, 2.45) is 5.73 Å². The number of aromatic amines is 1. The molecule has 0 radical (unpaired) electrons. The molecule has 1 aromatic heterocycles. The fourth-order valence-corrected chi connectivity index (χ4v) is 0.852. The molecule has 0 aromatic carbocycles. The number of H-pyrrole nitrogens is 1. The zero-order chi connectivity index (χ0) is 10.0. The van der Waals surface area contributed by atoms with E-state index in [-0.39, 0.29) is 23.8 Å². The number of rotatable bonds is 3. The van der Waals surface area contributed by atoms with Gasteiger partial charge in [0.05, 0.1) is 0 Å². The number of nitrogens with one attached hydrogen (secondary N) is 1. The fourth-order valence-electron chi connectivity index (χ4n) is 0.852. The number of nitrogens with two attached hydrogens (primary N) is 2. The Balaban J connectivity index is 2.95. The van der Waals surface area contributed by atoms with E-state index < -0.39 is 11.9 Å². The van der Waals surface area contributed by atoms with Crippen LogP contribution in [-0.4, -0.2) is 27.0 Å². The van der Waals surface area contributed by atoms with E-state index in [9.17, 15) is 9.59 Å². The molecular weight excluding hydrogens is 176 g/mol. The van der Waals surface area contributed by atoms with Crippen molar-refractivity contribution in [3.63, 3.8) is 0 Å².